The summed E-state index contributed by atoms with van der Waals surface area (Å²) in [5.74, 6) is 1.70. The third-order valence-corrected chi connectivity index (χ3v) is 3.86. The van der Waals surface area contributed by atoms with E-state index in [2.05, 4.69) is 10.6 Å². The van der Waals surface area contributed by atoms with E-state index in [1.807, 2.05) is 68.4 Å². The molecule has 0 aliphatic heterocycles. The van der Waals surface area contributed by atoms with Crippen LogP contribution in [0.4, 0.5) is 5.69 Å². The third-order valence-electron chi connectivity index (χ3n) is 3.64. The zero-order chi connectivity index (χ0) is 16.9. The first-order chi connectivity index (χ1) is 11.7. The Hall–Kier alpha value is -2.53. The molecule has 0 aliphatic rings. The Morgan fingerprint density at radius 2 is 1.92 bits per heavy atom. The van der Waals surface area contributed by atoms with Crippen LogP contribution in [0, 0.1) is 0 Å². The Kier molecular flexibility index (Phi) is 5.01. The van der Waals surface area contributed by atoms with Crippen LogP contribution in [-0.2, 0) is 0 Å². The number of rotatable bonds is 5. The highest BCUT2D eigenvalue weighted by Crippen LogP contribution is 2.23. The van der Waals surface area contributed by atoms with Gasteiger partial charge in [0.2, 0.25) is 0 Å². The standard InChI is InChI=1S/C19H20N2O2S/c1-3-22-16-10-8-15(9-11-16)21-19(24)20-13(2)18-12-14-6-4-5-7-17(14)23-18/h4-13H,3H2,1-2H3,(H2,20,21,24)/t13-/m0/s1. The number of hydrogen-bond donors (Lipinski definition) is 2. The van der Waals surface area contributed by atoms with Crippen LogP contribution >= 0.6 is 12.2 Å². The molecule has 1 atom stereocenters. The maximum atomic E-state index is 5.86. The van der Waals surface area contributed by atoms with Crippen molar-refractivity contribution in [2.24, 2.45) is 0 Å². The zero-order valence-electron chi connectivity index (χ0n) is 13.7. The normalized spacial score (nSPS) is 11.9. The van der Waals surface area contributed by atoms with Crippen molar-refractivity contribution in [2.75, 3.05) is 11.9 Å². The highest BCUT2D eigenvalue weighted by atomic mass is 32.1. The van der Waals surface area contributed by atoms with E-state index in [-0.39, 0.29) is 6.04 Å². The van der Waals surface area contributed by atoms with Crippen LogP contribution in [0.3, 0.4) is 0 Å². The average molecular weight is 340 g/mol. The van der Waals surface area contributed by atoms with Gasteiger partial charge >= 0.3 is 0 Å². The zero-order valence-corrected chi connectivity index (χ0v) is 14.5. The molecule has 0 saturated heterocycles. The first kappa shape index (κ1) is 16.3. The van der Waals surface area contributed by atoms with Gasteiger partial charge in [0.05, 0.1) is 12.6 Å². The molecule has 0 bridgehead atoms. The van der Waals surface area contributed by atoms with Gasteiger partial charge in [0.15, 0.2) is 5.11 Å². The van der Waals surface area contributed by atoms with Crippen LogP contribution in [0.5, 0.6) is 5.75 Å². The fourth-order valence-corrected chi connectivity index (χ4v) is 2.75. The monoisotopic (exact) mass is 340 g/mol. The Bertz CT molecular complexity index is 794. The minimum absolute atomic E-state index is 0.0277. The van der Waals surface area contributed by atoms with Gasteiger partial charge in [-0.25, -0.2) is 0 Å². The summed E-state index contributed by atoms with van der Waals surface area (Å²) in [5, 5.41) is 8.05. The molecule has 0 aliphatic carbocycles. The van der Waals surface area contributed by atoms with E-state index in [0.717, 1.165) is 28.2 Å². The molecular weight excluding hydrogens is 320 g/mol. The highest BCUT2D eigenvalue weighted by molar-refractivity contribution is 7.80. The number of thiocarbonyl (C=S) groups is 1. The van der Waals surface area contributed by atoms with E-state index in [0.29, 0.717) is 11.7 Å². The lowest BCUT2D eigenvalue weighted by Crippen LogP contribution is -2.30. The Labute approximate surface area is 146 Å². The van der Waals surface area contributed by atoms with Crippen molar-refractivity contribution in [3.63, 3.8) is 0 Å². The number of anilines is 1. The van der Waals surface area contributed by atoms with Gasteiger partial charge in [-0.3, -0.25) is 0 Å². The van der Waals surface area contributed by atoms with E-state index < -0.39 is 0 Å². The Balaban J connectivity index is 1.61. The second kappa shape index (κ2) is 7.36. The van der Waals surface area contributed by atoms with E-state index in [9.17, 15) is 0 Å². The molecule has 3 aromatic rings. The SMILES string of the molecule is CCOc1ccc(NC(=S)N[C@@H](C)c2cc3ccccc3o2)cc1. The van der Waals surface area contributed by atoms with Crippen molar-refractivity contribution in [2.45, 2.75) is 19.9 Å². The summed E-state index contributed by atoms with van der Waals surface area (Å²) >= 11 is 5.38. The van der Waals surface area contributed by atoms with Crippen molar-refractivity contribution in [1.82, 2.24) is 5.32 Å². The molecule has 0 unspecified atom stereocenters. The third kappa shape index (κ3) is 3.86. The lowest BCUT2D eigenvalue weighted by Gasteiger charge is -2.15. The lowest BCUT2D eigenvalue weighted by atomic mass is 10.2. The largest absolute Gasteiger partial charge is 0.494 e. The van der Waals surface area contributed by atoms with Gasteiger partial charge < -0.3 is 19.8 Å². The number of furan rings is 1. The van der Waals surface area contributed by atoms with Crippen LogP contribution < -0.4 is 15.4 Å². The second-order valence-electron chi connectivity index (χ2n) is 5.46. The summed E-state index contributed by atoms with van der Waals surface area (Å²) in [4.78, 5) is 0. The van der Waals surface area contributed by atoms with Gasteiger partial charge in [-0.15, -0.1) is 0 Å². The Morgan fingerprint density at radius 1 is 1.17 bits per heavy atom. The van der Waals surface area contributed by atoms with Crippen molar-refractivity contribution in [3.05, 3.63) is 60.4 Å². The summed E-state index contributed by atoms with van der Waals surface area (Å²) in [7, 11) is 0. The Morgan fingerprint density at radius 3 is 2.62 bits per heavy atom. The molecule has 4 nitrogen and oxygen atoms in total. The smallest absolute Gasteiger partial charge is 0.171 e. The lowest BCUT2D eigenvalue weighted by molar-refractivity contribution is 0.340. The number of nitrogens with one attached hydrogen (secondary N) is 2. The molecule has 0 spiro atoms. The number of benzene rings is 2. The summed E-state index contributed by atoms with van der Waals surface area (Å²) < 4.78 is 11.3. The molecule has 124 valence electrons. The maximum Gasteiger partial charge on any atom is 0.171 e. The van der Waals surface area contributed by atoms with E-state index in [1.165, 1.54) is 0 Å². The molecule has 0 radical (unpaired) electrons. The first-order valence-electron chi connectivity index (χ1n) is 7.94. The number of fused-ring (bicyclic) bond motifs is 1. The number of para-hydroxylation sites is 1. The predicted molar refractivity (Wildman–Crippen MR) is 102 cm³/mol. The number of hydrogen-bond acceptors (Lipinski definition) is 3. The number of ether oxygens (including phenoxy) is 1. The minimum Gasteiger partial charge on any atom is -0.494 e. The highest BCUT2D eigenvalue weighted by Gasteiger charge is 2.12. The van der Waals surface area contributed by atoms with Crippen LogP contribution in [0.25, 0.3) is 11.0 Å². The topological polar surface area (TPSA) is 46.4 Å². The quantitative estimate of drug-likeness (QED) is 0.648. The summed E-state index contributed by atoms with van der Waals surface area (Å²) in [6.07, 6.45) is 0. The summed E-state index contributed by atoms with van der Waals surface area (Å²) in [5.41, 5.74) is 1.79. The molecule has 1 heterocycles. The van der Waals surface area contributed by atoms with E-state index in [1.54, 1.807) is 0 Å². The second-order valence-corrected chi connectivity index (χ2v) is 5.87. The van der Waals surface area contributed by atoms with Crippen LogP contribution in [0.2, 0.25) is 0 Å². The average Bonchev–Trinajstić information content (AvgIpc) is 3.01. The molecule has 2 N–H and O–H groups in total. The predicted octanol–water partition coefficient (Wildman–Crippen LogP) is 4.88. The van der Waals surface area contributed by atoms with Crippen molar-refractivity contribution in [3.8, 4) is 5.75 Å². The molecule has 0 amide bonds. The van der Waals surface area contributed by atoms with Gasteiger partial charge in [-0.2, -0.15) is 0 Å². The maximum absolute atomic E-state index is 5.86. The van der Waals surface area contributed by atoms with E-state index in [4.69, 9.17) is 21.4 Å². The van der Waals surface area contributed by atoms with Crippen LogP contribution in [-0.4, -0.2) is 11.7 Å². The molecule has 2 aromatic carbocycles. The molecular formula is C19H20N2O2S. The fraction of sp³-hybridized carbons (Fsp3) is 0.211. The first-order valence-corrected chi connectivity index (χ1v) is 8.35. The van der Waals surface area contributed by atoms with Crippen molar-refractivity contribution < 1.29 is 9.15 Å². The summed E-state index contributed by atoms with van der Waals surface area (Å²) in [6.45, 7) is 4.64. The van der Waals surface area contributed by atoms with Gasteiger partial charge in [-0.05, 0) is 62.5 Å². The van der Waals surface area contributed by atoms with Crippen LogP contribution in [0.1, 0.15) is 25.6 Å². The molecule has 0 fully saturated rings. The fourth-order valence-electron chi connectivity index (χ4n) is 2.45. The molecule has 24 heavy (non-hydrogen) atoms. The van der Waals surface area contributed by atoms with Gasteiger partial charge in [-0.1, -0.05) is 18.2 Å². The molecule has 1 aromatic heterocycles. The van der Waals surface area contributed by atoms with E-state index >= 15 is 0 Å². The summed E-state index contributed by atoms with van der Waals surface area (Å²) in [6, 6.07) is 17.7. The minimum atomic E-state index is -0.0277. The molecule has 3 rings (SSSR count). The van der Waals surface area contributed by atoms with Gasteiger partial charge in [0.1, 0.15) is 17.1 Å². The van der Waals surface area contributed by atoms with Crippen molar-refractivity contribution in [1.29, 1.82) is 0 Å². The molecule has 5 heteroatoms. The van der Waals surface area contributed by atoms with Crippen molar-refractivity contribution >= 4 is 34.0 Å². The van der Waals surface area contributed by atoms with Gasteiger partial charge in [0, 0.05) is 11.1 Å². The van der Waals surface area contributed by atoms with Crippen LogP contribution in [0.15, 0.2) is 59.0 Å². The van der Waals surface area contributed by atoms with Gasteiger partial charge in [0.25, 0.3) is 0 Å². The molecule has 0 saturated carbocycles.